The molecule has 0 N–H and O–H groups in total. The van der Waals surface area contributed by atoms with Crippen molar-refractivity contribution < 1.29 is 0 Å². The Morgan fingerprint density at radius 3 is 2.17 bits per heavy atom. The van der Waals surface area contributed by atoms with E-state index in [9.17, 15) is 0 Å². The first-order valence-electron chi connectivity index (χ1n) is 10.6. The maximum Gasteiger partial charge on any atom is -0.0171 e. The highest BCUT2D eigenvalue weighted by Gasteiger charge is 2.92. The van der Waals surface area contributed by atoms with Crippen LogP contribution < -0.4 is 0 Å². The van der Waals surface area contributed by atoms with Crippen LogP contribution in [0.1, 0.15) is 67.7 Å². The summed E-state index contributed by atoms with van der Waals surface area (Å²) in [6.45, 7) is 18.8. The molecule has 6 fully saturated rings. The molecule has 13 atom stereocenters. The molecular weight excluding hydrogens is 276 g/mol. The molecule has 23 heavy (non-hydrogen) atoms. The van der Waals surface area contributed by atoms with Crippen molar-refractivity contribution in [3.63, 3.8) is 0 Å². The minimum Gasteiger partial charge on any atom is -0.0620 e. The molecule has 0 aromatic heterocycles. The van der Waals surface area contributed by atoms with Gasteiger partial charge in [0.1, 0.15) is 0 Å². The average Bonchev–Trinajstić information content (AvgIpc) is 2.72. The van der Waals surface area contributed by atoms with Crippen LogP contribution in [0.2, 0.25) is 0 Å². The summed E-state index contributed by atoms with van der Waals surface area (Å²) in [5, 5.41) is 0. The van der Waals surface area contributed by atoms with Crippen molar-refractivity contribution in [3.8, 4) is 0 Å². The summed E-state index contributed by atoms with van der Waals surface area (Å²) in [6, 6.07) is 0. The fourth-order valence-electron chi connectivity index (χ4n) is 11.5. The van der Waals surface area contributed by atoms with Gasteiger partial charge in [0, 0.05) is 0 Å². The molecule has 0 heteroatoms. The lowest BCUT2D eigenvalue weighted by molar-refractivity contribution is -0.445. The van der Waals surface area contributed by atoms with Crippen LogP contribution in [0.15, 0.2) is 0 Å². The van der Waals surface area contributed by atoms with Gasteiger partial charge in [0.15, 0.2) is 0 Å². The SMILES string of the molecule is CC1C(C)C2C1CC1(C)CC3CC4C5C2C1(C)C5(C)C4(C)C3C. The third-order valence-electron chi connectivity index (χ3n) is 13.0. The van der Waals surface area contributed by atoms with Crippen molar-refractivity contribution in [1.82, 2.24) is 0 Å². The molecule has 0 radical (unpaired) electrons. The second kappa shape index (κ2) is 3.33. The Kier molecular flexibility index (Phi) is 2.05. The Hall–Kier alpha value is 0. The summed E-state index contributed by atoms with van der Waals surface area (Å²) in [5.74, 6) is 9.40. The van der Waals surface area contributed by atoms with Crippen molar-refractivity contribution in [2.24, 2.45) is 74.9 Å². The van der Waals surface area contributed by atoms with E-state index in [1.54, 1.807) is 19.3 Å². The van der Waals surface area contributed by atoms with Crippen LogP contribution in [0.5, 0.6) is 0 Å². The second-order valence-corrected chi connectivity index (χ2v) is 12.1. The highest BCUT2D eigenvalue weighted by atomic mass is 15.0. The third kappa shape index (κ3) is 0.935. The number of hydrogen-bond donors (Lipinski definition) is 0. The Balaban J connectivity index is 1.58. The lowest BCUT2D eigenvalue weighted by atomic mass is 9.13. The van der Waals surface area contributed by atoms with E-state index in [1.165, 1.54) is 0 Å². The average molecular weight is 313 g/mol. The Bertz CT molecular complexity index is 622. The molecule has 0 nitrogen and oxygen atoms in total. The molecule has 0 aromatic rings. The van der Waals surface area contributed by atoms with Crippen LogP contribution in [-0.4, -0.2) is 0 Å². The molecule has 0 spiro atoms. The molecule has 2 bridgehead atoms. The van der Waals surface area contributed by atoms with Crippen molar-refractivity contribution in [1.29, 1.82) is 0 Å². The maximum atomic E-state index is 2.79. The van der Waals surface area contributed by atoms with Gasteiger partial charge in [0.25, 0.3) is 0 Å². The molecule has 0 heterocycles. The van der Waals surface area contributed by atoms with Crippen LogP contribution in [-0.2, 0) is 0 Å². The lowest BCUT2D eigenvalue weighted by Crippen LogP contribution is -2.87. The first-order valence-corrected chi connectivity index (χ1v) is 10.6. The van der Waals surface area contributed by atoms with E-state index in [4.69, 9.17) is 0 Å². The van der Waals surface area contributed by atoms with Crippen molar-refractivity contribution in [2.75, 3.05) is 0 Å². The van der Waals surface area contributed by atoms with E-state index in [1.807, 2.05) is 0 Å². The zero-order valence-electron chi connectivity index (χ0n) is 16.3. The maximum absolute atomic E-state index is 2.79. The molecule has 0 saturated heterocycles. The monoisotopic (exact) mass is 312 g/mol. The van der Waals surface area contributed by atoms with Crippen LogP contribution in [0.3, 0.4) is 0 Å². The topological polar surface area (TPSA) is 0 Å². The highest BCUT2D eigenvalue weighted by molar-refractivity contribution is 5.39. The van der Waals surface area contributed by atoms with Gasteiger partial charge in [-0.25, -0.2) is 0 Å². The van der Waals surface area contributed by atoms with Crippen molar-refractivity contribution >= 4 is 0 Å². The molecule has 6 rings (SSSR count). The zero-order chi connectivity index (χ0) is 16.3. The van der Waals surface area contributed by atoms with Gasteiger partial charge in [-0.05, 0) is 94.2 Å². The Labute approximate surface area is 143 Å². The van der Waals surface area contributed by atoms with Gasteiger partial charge >= 0.3 is 0 Å². The Morgan fingerprint density at radius 2 is 1.48 bits per heavy atom. The van der Waals surface area contributed by atoms with Crippen LogP contribution in [0, 0.1) is 74.9 Å². The second-order valence-electron chi connectivity index (χ2n) is 12.1. The first kappa shape index (κ1) is 14.2. The van der Waals surface area contributed by atoms with Crippen molar-refractivity contribution in [3.05, 3.63) is 0 Å². The van der Waals surface area contributed by atoms with Gasteiger partial charge in [-0.1, -0.05) is 48.5 Å². The van der Waals surface area contributed by atoms with Gasteiger partial charge in [-0.3, -0.25) is 0 Å². The van der Waals surface area contributed by atoms with Gasteiger partial charge < -0.3 is 0 Å². The van der Waals surface area contributed by atoms with Gasteiger partial charge in [-0.15, -0.1) is 0 Å². The molecular formula is C23H36. The smallest absolute Gasteiger partial charge is 0.0171 e. The minimum absolute atomic E-state index is 0.626. The minimum atomic E-state index is 0.626. The predicted octanol–water partition coefficient (Wildman–Crippen LogP) is 5.87. The van der Waals surface area contributed by atoms with Gasteiger partial charge in [-0.2, -0.15) is 0 Å². The molecule has 6 aliphatic carbocycles. The first-order chi connectivity index (χ1) is 10.6. The van der Waals surface area contributed by atoms with Crippen molar-refractivity contribution in [2.45, 2.75) is 67.7 Å². The molecule has 0 aromatic carbocycles. The van der Waals surface area contributed by atoms with E-state index < -0.39 is 0 Å². The third-order valence-corrected chi connectivity index (χ3v) is 13.0. The van der Waals surface area contributed by atoms with E-state index in [0.29, 0.717) is 21.7 Å². The normalized spacial score (nSPS) is 79.7. The zero-order valence-corrected chi connectivity index (χ0v) is 16.3. The molecule has 128 valence electrons. The quantitative estimate of drug-likeness (QED) is 0.525. The standard InChI is InChI=1S/C23H36/c1-11-12(2)17-15(11)10-20(4)9-14-8-16-18-19(17)22(20,6)23(18,7)21(16,5)13(14)3/h11-19H,8-10H2,1-7H3. The Morgan fingerprint density at radius 1 is 0.783 bits per heavy atom. The van der Waals surface area contributed by atoms with E-state index in [-0.39, 0.29) is 0 Å². The summed E-state index contributed by atoms with van der Waals surface area (Å²) >= 11 is 0. The summed E-state index contributed by atoms with van der Waals surface area (Å²) < 4.78 is 0. The number of rotatable bonds is 0. The molecule has 13 unspecified atom stereocenters. The molecule has 0 amide bonds. The van der Waals surface area contributed by atoms with E-state index >= 15 is 0 Å². The van der Waals surface area contributed by atoms with Crippen LogP contribution in [0.25, 0.3) is 0 Å². The summed E-state index contributed by atoms with van der Waals surface area (Å²) in [5.41, 5.74) is 2.57. The number of hydrogen-bond acceptors (Lipinski definition) is 0. The molecule has 0 aliphatic heterocycles. The van der Waals surface area contributed by atoms with E-state index in [2.05, 4.69) is 48.5 Å². The highest BCUT2D eigenvalue weighted by Crippen LogP contribution is 2.97. The summed E-state index contributed by atoms with van der Waals surface area (Å²) in [7, 11) is 0. The fourth-order valence-corrected chi connectivity index (χ4v) is 11.5. The lowest BCUT2D eigenvalue weighted by Gasteiger charge is -2.91. The summed E-state index contributed by atoms with van der Waals surface area (Å²) in [4.78, 5) is 0. The molecule has 6 saturated carbocycles. The fraction of sp³-hybridized carbons (Fsp3) is 1.00. The van der Waals surface area contributed by atoms with Crippen LogP contribution in [0.4, 0.5) is 0 Å². The van der Waals surface area contributed by atoms with E-state index in [0.717, 1.165) is 53.3 Å². The number of fused-ring (bicyclic) bond motifs is 5. The predicted molar refractivity (Wildman–Crippen MR) is 94.7 cm³/mol. The van der Waals surface area contributed by atoms with Crippen LogP contribution >= 0.6 is 0 Å². The largest absolute Gasteiger partial charge is 0.0620 e. The summed E-state index contributed by atoms with van der Waals surface area (Å²) in [6.07, 6.45) is 4.70. The van der Waals surface area contributed by atoms with Gasteiger partial charge in [0.05, 0.1) is 0 Å². The molecule has 6 aliphatic rings. The van der Waals surface area contributed by atoms with Gasteiger partial charge in [0.2, 0.25) is 0 Å².